The van der Waals surface area contributed by atoms with Crippen molar-refractivity contribution in [3.63, 3.8) is 0 Å². The van der Waals surface area contributed by atoms with E-state index in [2.05, 4.69) is 9.97 Å². The van der Waals surface area contributed by atoms with Crippen molar-refractivity contribution in [3.8, 4) is 11.6 Å². The third kappa shape index (κ3) is 2.61. The van der Waals surface area contributed by atoms with Gasteiger partial charge in [0.25, 0.3) is 0 Å². The maximum absolute atomic E-state index is 13.7. The second-order valence-electron chi connectivity index (χ2n) is 6.74. The molecule has 7 nitrogen and oxygen atoms in total. The fourth-order valence-electron chi connectivity index (χ4n) is 3.70. The monoisotopic (exact) mass is 437 g/mol. The number of hydrogen-bond donors (Lipinski definition) is 0. The van der Waals surface area contributed by atoms with Crippen LogP contribution in [-0.2, 0) is 28.5 Å². The van der Waals surface area contributed by atoms with Crippen LogP contribution in [0.3, 0.4) is 0 Å². The number of alkyl halides is 3. The number of aromatic nitrogens is 2. The molecule has 2 aliphatic rings. The number of nitrogens with zero attached hydrogens (tertiary/aromatic N) is 3. The molecule has 3 aromatic heterocycles. The third-order valence-electron chi connectivity index (χ3n) is 5.05. The molecule has 3 aromatic rings. The van der Waals surface area contributed by atoms with Crippen LogP contribution < -0.4 is 13.8 Å². The fraction of sp³-hybridized carbons (Fsp3) is 0.263. The Morgan fingerprint density at radius 1 is 1.27 bits per heavy atom. The Morgan fingerprint density at radius 2 is 2.10 bits per heavy atom. The van der Waals surface area contributed by atoms with Gasteiger partial charge in [-0.2, -0.15) is 13.2 Å². The first-order valence-corrected chi connectivity index (χ1v) is 9.94. The Hall–Kier alpha value is -3.08. The Bertz CT molecular complexity index is 1170. The van der Waals surface area contributed by atoms with Crippen LogP contribution in [0.5, 0.6) is 11.6 Å². The van der Waals surface area contributed by atoms with Crippen molar-refractivity contribution >= 4 is 16.8 Å². The molecule has 11 heteroatoms. The van der Waals surface area contributed by atoms with Crippen LogP contribution in [0.2, 0.25) is 0 Å². The van der Waals surface area contributed by atoms with Gasteiger partial charge in [-0.3, -0.25) is 4.31 Å². The summed E-state index contributed by atoms with van der Waals surface area (Å²) < 4.78 is 68.6. The number of hydrogen-bond acceptors (Lipinski definition) is 6. The zero-order chi connectivity index (χ0) is 21.1. The first-order valence-electron chi connectivity index (χ1n) is 8.84. The number of rotatable bonds is 3. The summed E-state index contributed by atoms with van der Waals surface area (Å²) in [6, 6.07) is 8.86. The number of pyridine rings is 2. The summed E-state index contributed by atoms with van der Waals surface area (Å²) >= 11 is 0. The maximum Gasteiger partial charge on any atom is 0.449 e. The normalized spacial score (nSPS) is 22.1. The van der Waals surface area contributed by atoms with Crippen LogP contribution in [0, 0.1) is 0 Å². The Kier molecular flexibility index (Phi) is 4.07. The molecule has 156 valence electrons. The van der Waals surface area contributed by atoms with E-state index in [9.17, 15) is 17.4 Å². The summed E-state index contributed by atoms with van der Waals surface area (Å²) in [5, 5.41) is 0. The molecule has 5 rings (SSSR count). The van der Waals surface area contributed by atoms with Gasteiger partial charge in [0, 0.05) is 17.8 Å². The van der Waals surface area contributed by atoms with Gasteiger partial charge in [0.05, 0.1) is 13.7 Å². The van der Waals surface area contributed by atoms with Crippen LogP contribution in [-0.4, -0.2) is 27.9 Å². The topological polar surface area (TPSA) is 77.7 Å². The highest BCUT2D eigenvalue weighted by molar-refractivity contribution is 7.88. The molecule has 0 aromatic carbocycles. The average molecular weight is 437 g/mol. The van der Waals surface area contributed by atoms with Crippen molar-refractivity contribution in [2.45, 2.75) is 17.5 Å². The minimum Gasteiger partial charge on any atom is -0.489 e. The van der Waals surface area contributed by atoms with E-state index < -0.39 is 27.7 Å². The molecular weight excluding hydrogens is 423 g/mol. The quantitative estimate of drug-likeness (QED) is 0.625. The van der Waals surface area contributed by atoms with E-state index in [-0.39, 0.29) is 18.9 Å². The lowest BCUT2D eigenvalue weighted by Gasteiger charge is -2.22. The molecule has 0 bridgehead atoms. The van der Waals surface area contributed by atoms with Crippen LogP contribution in [0.1, 0.15) is 22.8 Å². The number of ether oxygens (including phenoxy) is 2. The predicted octanol–water partition coefficient (Wildman–Crippen LogP) is 3.42. The summed E-state index contributed by atoms with van der Waals surface area (Å²) in [5.41, 5.74) is 1.05. The largest absolute Gasteiger partial charge is 0.489 e. The molecule has 0 N–H and O–H groups in total. The van der Waals surface area contributed by atoms with Crippen molar-refractivity contribution < 1.29 is 31.3 Å². The summed E-state index contributed by atoms with van der Waals surface area (Å²) in [5.74, 6) is 0.0850. The smallest absolute Gasteiger partial charge is 0.449 e. The summed E-state index contributed by atoms with van der Waals surface area (Å²) in [6.45, 7) is -0.107. The van der Waals surface area contributed by atoms with E-state index in [4.69, 9.17) is 13.9 Å². The van der Waals surface area contributed by atoms with Crippen molar-refractivity contribution in [2.75, 3.05) is 18.0 Å². The van der Waals surface area contributed by atoms with E-state index in [1.165, 1.54) is 23.7 Å². The Morgan fingerprint density at radius 3 is 2.83 bits per heavy atom. The Labute approximate surface area is 171 Å². The van der Waals surface area contributed by atoms with Gasteiger partial charge in [0.2, 0.25) is 11.6 Å². The second kappa shape index (κ2) is 6.46. The highest BCUT2D eigenvalue weighted by atomic mass is 32.2. The lowest BCUT2D eigenvalue weighted by Crippen LogP contribution is -2.37. The molecule has 30 heavy (non-hydrogen) atoms. The van der Waals surface area contributed by atoms with Gasteiger partial charge in [-0.05, 0) is 24.3 Å². The molecule has 2 unspecified atom stereocenters. The van der Waals surface area contributed by atoms with Gasteiger partial charge in [0.15, 0.2) is 4.75 Å². The molecule has 1 spiro atoms. The summed E-state index contributed by atoms with van der Waals surface area (Å²) in [7, 11) is -0.317. The highest BCUT2D eigenvalue weighted by Crippen LogP contribution is 2.53. The second-order valence-corrected chi connectivity index (χ2v) is 8.38. The highest BCUT2D eigenvalue weighted by Gasteiger charge is 2.58. The van der Waals surface area contributed by atoms with Crippen molar-refractivity contribution in [2.24, 2.45) is 0 Å². The molecular formula is C19H14F3N3O4S. The number of halogens is 3. The van der Waals surface area contributed by atoms with E-state index in [0.717, 1.165) is 6.07 Å². The predicted molar refractivity (Wildman–Crippen MR) is 99.3 cm³/mol. The summed E-state index contributed by atoms with van der Waals surface area (Å²) in [6.07, 6.45) is -3.07. The zero-order valence-corrected chi connectivity index (χ0v) is 16.3. The van der Waals surface area contributed by atoms with Crippen LogP contribution in [0.15, 0.2) is 47.0 Å². The number of furan rings is 1. The van der Waals surface area contributed by atoms with Gasteiger partial charge in [0.1, 0.15) is 40.6 Å². The zero-order valence-electron chi connectivity index (χ0n) is 15.5. The number of anilines is 1. The van der Waals surface area contributed by atoms with Gasteiger partial charge >= 0.3 is 6.18 Å². The molecule has 0 amide bonds. The van der Waals surface area contributed by atoms with Crippen LogP contribution in [0.4, 0.5) is 19.0 Å². The average Bonchev–Trinajstić information content (AvgIpc) is 3.41. The van der Waals surface area contributed by atoms with Crippen LogP contribution >= 0.6 is 0 Å². The van der Waals surface area contributed by atoms with Gasteiger partial charge in [-0.25, -0.2) is 14.2 Å². The van der Waals surface area contributed by atoms with Crippen molar-refractivity contribution in [3.05, 3.63) is 65.4 Å². The lowest BCUT2D eigenvalue weighted by atomic mass is 9.96. The van der Waals surface area contributed by atoms with Gasteiger partial charge in [-0.15, -0.1) is 0 Å². The SMILES string of the molecule is COc1ccc2c(n1)C1(CO2)c2cccnc2N(Cc2ccc(C(F)(F)F)o2)S1=O. The molecule has 0 saturated heterocycles. The number of fused-ring (bicyclic) bond motifs is 4. The third-order valence-corrected chi connectivity index (χ3v) is 6.88. The molecule has 2 aliphatic heterocycles. The van der Waals surface area contributed by atoms with Gasteiger partial charge < -0.3 is 13.9 Å². The number of methoxy groups -OCH3 is 1. The minimum absolute atomic E-state index is 0.0158. The van der Waals surface area contributed by atoms with E-state index >= 15 is 0 Å². The molecule has 0 aliphatic carbocycles. The van der Waals surface area contributed by atoms with Crippen molar-refractivity contribution in [1.82, 2.24) is 9.97 Å². The molecule has 0 fully saturated rings. The molecule has 2 atom stereocenters. The molecule has 0 saturated carbocycles. The standard InChI is InChI=1S/C19H14F3N3O4S/c1-27-15-7-5-13-16(24-15)18(10-28-13)12-3-2-8-23-17(12)25(30(18)26)9-11-4-6-14(29-11)19(20,21)22/h2-8H,9-10H2,1H3. The van der Waals surface area contributed by atoms with Crippen molar-refractivity contribution in [1.29, 1.82) is 0 Å². The first kappa shape index (κ1) is 18.9. The van der Waals surface area contributed by atoms with Gasteiger partial charge in [-0.1, -0.05) is 6.07 Å². The molecule has 5 heterocycles. The minimum atomic E-state index is -4.60. The lowest BCUT2D eigenvalue weighted by molar-refractivity contribution is -0.153. The first-order chi connectivity index (χ1) is 14.3. The maximum atomic E-state index is 13.7. The van der Waals surface area contributed by atoms with E-state index in [1.807, 2.05) is 0 Å². The van der Waals surface area contributed by atoms with Crippen LogP contribution in [0.25, 0.3) is 0 Å². The Balaban J connectivity index is 1.59. The summed E-state index contributed by atoms with van der Waals surface area (Å²) in [4.78, 5) is 8.80. The molecule has 0 radical (unpaired) electrons. The fourth-order valence-corrected chi connectivity index (χ4v) is 5.44. The van der Waals surface area contributed by atoms with E-state index in [0.29, 0.717) is 28.7 Å². The van der Waals surface area contributed by atoms with E-state index in [1.54, 1.807) is 24.3 Å².